The second-order valence-electron chi connectivity index (χ2n) is 7.32. The highest BCUT2D eigenvalue weighted by molar-refractivity contribution is 7.88. The molecule has 138 valence electrons. The minimum absolute atomic E-state index is 0.00411. The highest BCUT2D eigenvalue weighted by Gasteiger charge is 2.39. The van der Waals surface area contributed by atoms with E-state index in [0.717, 1.165) is 45.2 Å². The van der Waals surface area contributed by atoms with E-state index in [2.05, 4.69) is 24.3 Å². The first-order valence-corrected chi connectivity index (χ1v) is 11.1. The second-order valence-corrected chi connectivity index (χ2v) is 9.26. The standard InChI is InChI=1S/C19H28N2O3S/c1-25(23,24)21-13-5-8-18(21)19(22)20-14-11-17(12-15-20)10-9-16-6-3-2-4-7-16/h2-4,6-7,17-18H,5,8-15H2,1H3/t18-/m1/s1. The van der Waals surface area contributed by atoms with E-state index in [0.29, 0.717) is 18.9 Å². The van der Waals surface area contributed by atoms with Gasteiger partial charge in [-0.2, -0.15) is 4.31 Å². The number of piperidine rings is 1. The van der Waals surface area contributed by atoms with Gasteiger partial charge in [0.05, 0.1) is 6.26 Å². The fraction of sp³-hybridized carbons (Fsp3) is 0.632. The van der Waals surface area contributed by atoms with Gasteiger partial charge in [-0.05, 0) is 50.0 Å². The molecule has 1 aromatic carbocycles. The molecule has 1 amide bonds. The van der Waals surface area contributed by atoms with Gasteiger partial charge in [-0.1, -0.05) is 30.3 Å². The molecule has 0 N–H and O–H groups in total. The lowest BCUT2D eigenvalue weighted by molar-refractivity contribution is -0.136. The zero-order chi connectivity index (χ0) is 17.9. The Morgan fingerprint density at radius 3 is 2.40 bits per heavy atom. The maximum atomic E-state index is 12.8. The van der Waals surface area contributed by atoms with E-state index in [-0.39, 0.29) is 5.91 Å². The number of hydrogen-bond acceptors (Lipinski definition) is 3. The molecule has 2 fully saturated rings. The van der Waals surface area contributed by atoms with E-state index in [9.17, 15) is 13.2 Å². The highest BCUT2D eigenvalue weighted by Crippen LogP contribution is 2.26. The molecule has 5 nitrogen and oxygen atoms in total. The topological polar surface area (TPSA) is 57.7 Å². The molecule has 0 unspecified atom stereocenters. The van der Waals surface area contributed by atoms with Gasteiger partial charge in [0.25, 0.3) is 0 Å². The van der Waals surface area contributed by atoms with E-state index < -0.39 is 16.1 Å². The normalized spacial score (nSPS) is 23.1. The molecule has 0 saturated carbocycles. The predicted molar refractivity (Wildman–Crippen MR) is 98.6 cm³/mol. The lowest BCUT2D eigenvalue weighted by Gasteiger charge is -2.35. The lowest BCUT2D eigenvalue weighted by Crippen LogP contribution is -2.49. The molecular formula is C19H28N2O3S. The molecular weight excluding hydrogens is 336 g/mol. The van der Waals surface area contributed by atoms with Gasteiger partial charge in [-0.3, -0.25) is 4.79 Å². The van der Waals surface area contributed by atoms with Crippen molar-refractivity contribution in [3.05, 3.63) is 35.9 Å². The molecule has 0 aliphatic carbocycles. The molecule has 0 radical (unpaired) electrons. The van der Waals surface area contributed by atoms with Crippen LogP contribution in [0.1, 0.15) is 37.7 Å². The maximum Gasteiger partial charge on any atom is 0.241 e. The Bertz CT molecular complexity index is 682. The number of carbonyl (C=O) groups is 1. The van der Waals surface area contributed by atoms with Crippen molar-refractivity contribution >= 4 is 15.9 Å². The summed E-state index contributed by atoms with van der Waals surface area (Å²) in [7, 11) is -3.30. The van der Waals surface area contributed by atoms with Gasteiger partial charge in [0.2, 0.25) is 15.9 Å². The number of benzene rings is 1. The van der Waals surface area contributed by atoms with Crippen LogP contribution in [0.2, 0.25) is 0 Å². The van der Waals surface area contributed by atoms with Crippen LogP contribution in [0, 0.1) is 5.92 Å². The summed E-state index contributed by atoms with van der Waals surface area (Å²) < 4.78 is 25.1. The molecule has 1 atom stereocenters. The third kappa shape index (κ3) is 4.61. The zero-order valence-electron chi connectivity index (χ0n) is 14.9. The van der Waals surface area contributed by atoms with Crippen LogP contribution in [-0.2, 0) is 21.2 Å². The quantitative estimate of drug-likeness (QED) is 0.805. The van der Waals surface area contributed by atoms with Crippen molar-refractivity contribution in [2.24, 2.45) is 5.92 Å². The van der Waals surface area contributed by atoms with Crippen LogP contribution in [-0.4, -0.2) is 55.5 Å². The van der Waals surface area contributed by atoms with Gasteiger partial charge in [-0.15, -0.1) is 0 Å². The summed E-state index contributed by atoms with van der Waals surface area (Å²) in [6.07, 6.45) is 6.91. The van der Waals surface area contributed by atoms with E-state index in [1.54, 1.807) is 0 Å². The monoisotopic (exact) mass is 364 g/mol. The second kappa shape index (κ2) is 7.87. The first-order chi connectivity index (χ1) is 11.9. The maximum absolute atomic E-state index is 12.8. The summed E-state index contributed by atoms with van der Waals surface area (Å²) in [6, 6.07) is 10.0. The number of hydrogen-bond donors (Lipinski definition) is 0. The van der Waals surface area contributed by atoms with Crippen LogP contribution >= 0.6 is 0 Å². The average Bonchev–Trinajstić information content (AvgIpc) is 3.11. The minimum Gasteiger partial charge on any atom is -0.341 e. The molecule has 2 heterocycles. The largest absolute Gasteiger partial charge is 0.341 e. The van der Waals surface area contributed by atoms with Crippen molar-refractivity contribution in [3.8, 4) is 0 Å². The van der Waals surface area contributed by atoms with Crippen LogP contribution < -0.4 is 0 Å². The van der Waals surface area contributed by atoms with Crippen LogP contribution in [0.15, 0.2) is 30.3 Å². The Morgan fingerprint density at radius 1 is 1.08 bits per heavy atom. The van der Waals surface area contributed by atoms with Crippen molar-refractivity contribution < 1.29 is 13.2 Å². The molecule has 0 spiro atoms. The molecule has 0 aromatic heterocycles. The summed E-state index contributed by atoms with van der Waals surface area (Å²) in [5.74, 6) is 0.656. The van der Waals surface area contributed by atoms with E-state index in [1.165, 1.54) is 16.1 Å². The van der Waals surface area contributed by atoms with Crippen molar-refractivity contribution in [1.82, 2.24) is 9.21 Å². The fourth-order valence-electron chi connectivity index (χ4n) is 4.05. The van der Waals surface area contributed by atoms with Gasteiger partial charge < -0.3 is 4.90 Å². The average molecular weight is 365 g/mol. The summed E-state index contributed by atoms with van der Waals surface area (Å²) in [6.45, 7) is 1.99. The summed E-state index contributed by atoms with van der Waals surface area (Å²) >= 11 is 0. The molecule has 0 bridgehead atoms. The number of sulfonamides is 1. The van der Waals surface area contributed by atoms with Crippen LogP contribution in [0.4, 0.5) is 0 Å². The molecule has 2 aliphatic heterocycles. The van der Waals surface area contributed by atoms with Gasteiger partial charge in [0, 0.05) is 19.6 Å². The third-order valence-corrected chi connectivity index (χ3v) is 6.81. The minimum atomic E-state index is -3.30. The summed E-state index contributed by atoms with van der Waals surface area (Å²) in [5.41, 5.74) is 1.37. The molecule has 2 saturated heterocycles. The predicted octanol–water partition coefficient (Wildman–Crippen LogP) is 2.28. The smallest absolute Gasteiger partial charge is 0.241 e. The Balaban J connectivity index is 1.49. The van der Waals surface area contributed by atoms with Gasteiger partial charge in [0.15, 0.2) is 0 Å². The summed E-state index contributed by atoms with van der Waals surface area (Å²) in [4.78, 5) is 14.6. The van der Waals surface area contributed by atoms with Gasteiger partial charge in [0.1, 0.15) is 6.04 Å². The van der Waals surface area contributed by atoms with Crippen LogP contribution in [0.3, 0.4) is 0 Å². The molecule has 6 heteroatoms. The number of likely N-dealkylation sites (tertiary alicyclic amines) is 1. The zero-order valence-corrected chi connectivity index (χ0v) is 15.7. The van der Waals surface area contributed by atoms with E-state index >= 15 is 0 Å². The number of aryl methyl sites for hydroxylation is 1. The third-order valence-electron chi connectivity index (χ3n) is 5.53. The van der Waals surface area contributed by atoms with Crippen molar-refractivity contribution in [2.75, 3.05) is 25.9 Å². The SMILES string of the molecule is CS(=O)(=O)N1CCC[C@@H]1C(=O)N1CCC(CCc2ccccc2)CC1. The Labute approximate surface area is 151 Å². The number of carbonyl (C=O) groups excluding carboxylic acids is 1. The number of amides is 1. The van der Waals surface area contributed by atoms with E-state index in [1.807, 2.05) is 11.0 Å². The van der Waals surface area contributed by atoms with Gasteiger partial charge in [-0.25, -0.2) is 8.42 Å². The summed E-state index contributed by atoms with van der Waals surface area (Å²) in [5, 5.41) is 0. The molecule has 1 aromatic rings. The van der Waals surface area contributed by atoms with Crippen LogP contribution in [0.5, 0.6) is 0 Å². The van der Waals surface area contributed by atoms with Crippen molar-refractivity contribution in [2.45, 2.75) is 44.6 Å². The molecule has 25 heavy (non-hydrogen) atoms. The molecule has 3 rings (SSSR count). The van der Waals surface area contributed by atoms with E-state index in [4.69, 9.17) is 0 Å². The van der Waals surface area contributed by atoms with Crippen molar-refractivity contribution in [1.29, 1.82) is 0 Å². The number of rotatable bonds is 5. The lowest BCUT2D eigenvalue weighted by atomic mass is 9.90. The van der Waals surface area contributed by atoms with Crippen LogP contribution in [0.25, 0.3) is 0 Å². The van der Waals surface area contributed by atoms with Gasteiger partial charge >= 0.3 is 0 Å². The first kappa shape index (κ1) is 18.4. The molecule has 2 aliphatic rings. The first-order valence-electron chi connectivity index (χ1n) is 9.24. The fourth-order valence-corrected chi connectivity index (χ4v) is 5.17. The van der Waals surface area contributed by atoms with Crippen molar-refractivity contribution in [3.63, 3.8) is 0 Å². The highest BCUT2D eigenvalue weighted by atomic mass is 32.2. The Morgan fingerprint density at radius 2 is 1.76 bits per heavy atom. The Hall–Kier alpha value is -1.40. The number of nitrogens with zero attached hydrogens (tertiary/aromatic N) is 2. The Kier molecular flexibility index (Phi) is 5.79.